The Labute approximate surface area is 184 Å². The van der Waals surface area contributed by atoms with Gasteiger partial charge in [0.15, 0.2) is 0 Å². The maximum atomic E-state index is 10.6. The summed E-state index contributed by atoms with van der Waals surface area (Å²) in [5, 5.41) is 15.6. The summed E-state index contributed by atoms with van der Waals surface area (Å²) in [5.74, 6) is 0.0774. The van der Waals surface area contributed by atoms with E-state index in [0.29, 0.717) is 19.6 Å². The van der Waals surface area contributed by atoms with Crippen LogP contribution in [0.3, 0.4) is 0 Å². The summed E-state index contributed by atoms with van der Waals surface area (Å²) >= 11 is 0. The van der Waals surface area contributed by atoms with E-state index >= 15 is 0 Å². The fourth-order valence-corrected chi connectivity index (χ4v) is 3.64. The molecule has 31 heavy (non-hydrogen) atoms. The largest absolute Gasteiger partial charge is 0.493 e. The van der Waals surface area contributed by atoms with Crippen molar-refractivity contribution in [1.29, 1.82) is 0 Å². The Hall–Kier alpha value is -3.28. The number of ether oxygens (including phenoxy) is 1. The molecule has 0 unspecified atom stereocenters. The summed E-state index contributed by atoms with van der Waals surface area (Å²) in [6.07, 6.45) is 7.90. The molecule has 1 aromatic heterocycles. The fourth-order valence-electron chi connectivity index (χ4n) is 3.64. The summed E-state index contributed by atoms with van der Waals surface area (Å²) in [6, 6.07) is 15.7. The zero-order chi connectivity index (χ0) is 22.4. The molecule has 2 N–H and O–H groups in total. The zero-order valence-electron chi connectivity index (χ0n) is 18.6. The van der Waals surface area contributed by atoms with Crippen molar-refractivity contribution < 1.29 is 16.0 Å². The van der Waals surface area contributed by atoms with E-state index in [1.54, 1.807) is 6.20 Å². The Morgan fingerprint density at radius 1 is 1.13 bits per heavy atom. The lowest BCUT2D eigenvalue weighted by Crippen LogP contribution is -2.25. The molecule has 1 saturated carbocycles. The molecule has 0 saturated heterocycles. The second-order valence-corrected chi connectivity index (χ2v) is 7.85. The van der Waals surface area contributed by atoms with Gasteiger partial charge in [0.05, 0.1) is 14.2 Å². The number of rotatable bonds is 12. The van der Waals surface area contributed by atoms with E-state index in [9.17, 15) is 4.79 Å². The van der Waals surface area contributed by atoms with Crippen molar-refractivity contribution in [3.8, 4) is 16.9 Å². The smallest absolute Gasteiger partial charge is 0.303 e. The lowest BCUT2D eigenvalue weighted by Gasteiger charge is -2.26. The van der Waals surface area contributed by atoms with E-state index in [4.69, 9.17) is 11.2 Å². The van der Waals surface area contributed by atoms with Gasteiger partial charge in [-0.2, -0.15) is 5.10 Å². The number of carbonyl (C=O) groups is 1. The van der Waals surface area contributed by atoms with Crippen LogP contribution in [0.15, 0.2) is 60.9 Å². The number of aliphatic carboxylic acids is 1. The summed E-state index contributed by atoms with van der Waals surface area (Å²) < 4.78 is 14.9. The van der Waals surface area contributed by atoms with Crippen molar-refractivity contribution in [3.05, 3.63) is 66.5 Å². The number of anilines is 1. The number of benzene rings is 2. The van der Waals surface area contributed by atoms with Gasteiger partial charge in [-0.3, -0.25) is 9.89 Å². The molecule has 0 atom stereocenters. The molecule has 1 aliphatic rings. The average molecular weight is 421 g/mol. The standard InChI is InChI=1S/C25H29N3O3/c29-25(30)8-2-1-5-15-31-24-7-4-3-6-20(24)18-28(23-13-14-23)22-11-9-19(10-12-22)21-16-26-27-17-21/h3-4,6-7,9-12,16-17,23H,1-2,5,8,13-15,18H2,(H,26,27)(H,29,30)/i23D. The van der Waals surface area contributed by atoms with Gasteiger partial charge in [-0.1, -0.05) is 30.3 Å². The second kappa shape index (κ2) is 10.2. The van der Waals surface area contributed by atoms with Gasteiger partial charge in [0.1, 0.15) is 5.75 Å². The third-order valence-electron chi connectivity index (χ3n) is 5.46. The van der Waals surface area contributed by atoms with E-state index in [-0.39, 0.29) is 6.42 Å². The van der Waals surface area contributed by atoms with Crippen LogP contribution in [0.5, 0.6) is 5.75 Å². The Morgan fingerprint density at radius 2 is 1.94 bits per heavy atom. The quantitative estimate of drug-likeness (QED) is 0.390. The van der Waals surface area contributed by atoms with Crippen LogP contribution in [0, 0.1) is 0 Å². The molecule has 3 aromatic rings. The topological polar surface area (TPSA) is 78.4 Å². The Balaban J connectivity index is 1.43. The molecule has 4 rings (SSSR count). The highest BCUT2D eigenvalue weighted by atomic mass is 16.5. The number of aromatic nitrogens is 2. The first kappa shape index (κ1) is 19.7. The molecular weight excluding hydrogens is 390 g/mol. The molecule has 1 fully saturated rings. The number of unbranched alkanes of at least 4 members (excludes halogenated alkanes) is 2. The van der Waals surface area contributed by atoms with E-state index in [2.05, 4.69) is 45.4 Å². The molecule has 6 nitrogen and oxygen atoms in total. The minimum atomic E-state index is -0.751. The van der Waals surface area contributed by atoms with Crippen LogP contribution >= 0.6 is 0 Å². The van der Waals surface area contributed by atoms with Crippen molar-refractivity contribution in [3.63, 3.8) is 0 Å². The minimum Gasteiger partial charge on any atom is -0.493 e. The van der Waals surface area contributed by atoms with Crippen LogP contribution in [0.2, 0.25) is 0 Å². The number of nitrogens with one attached hydrogen (secondary N) is 1. The summed E-state index contributed by atoms with van der Waals surface area (Å²) in [7, 11) is 0. The normalized spacial score (nSPS) is 14.6. The van der Waals surface area contributed by atoms with Gasteiger partial charge >= 0.3 is 5.97 Å². The Kier molecular flexibility index (Phi) is 6.44. The van der Waals surface area contributed by atoms with E-state index in [1.165, 1.54) is 0 Å². The number of H-pyrrole nitrogens is 1. The van der Waals surface area contributed by atoms with Crippen molar-refractivity contribution in [2.24, 2.45) is 0 Å². The van der Waals surface area contributed by atoms with Crippen molar-refractivity contribution in [2.75, 3.05) is 11.5 Å². The Bertz CT molecular complexity index is 1020. The van der Waals surface area contributed by atoms with Crippen LogP contribution in [0.25, 0.3) is 11.1 Å². The minimum absolute atomic E-state index is 0.205. The van der Waals surface area contributed by atoms with Crippen LogP contribution in [0.1, 0.15) is 45.5 Å². The highest BCUT2D eigenvalue weighted by Gasteiger charge is 2.29. The summed E-state index contributed by atoms with van der Waals surface area (Å²) in [5.41, 5.74) is 4.20. The van der Waals surface area contributed by atoms with Gasteiger partial charge in [0.25, 0.3) is 0 Å². The van der Waals surface area contributed by atoms with Gasteiger partial charge in [-0.05, 0) is 55.9 Å². The van der Waals surface area contributed by atoms with Crippen LogP contribution in [0.4, 0.5) is 5.69 Å². The molecular formula is C25H29N3O3. The Morgan fingerprint density at radius 3 is 2.65 bits per heavy atom. The first-order valence-electron chi connectivity index (χ1n) is 11.3. The number of aromatic amines is 1. The third kappa shape index (κ3) is 5.87. The molecule has 0 aliphatic heterocycles. The second-order valence-electron chi connectivity index (χ2n) is 7.85. The number of hydrogen-bond donors (Lipinski definition) is 2. The molecule has 0 bridgehead atoms. The first-order chi connectivity index (χ1) is 15.5. The molecule has 0 radical (unpaired) electrons. The maximum absolute atomic E-state index is 10.6. The maximum Gasteiger partial charge on any atom is 0.303 e. The monoisotopic (exact) mass is 420 g/mol. The SMILES string of the molecule is [2H]C1(N(Cc2ccccc2OCCCCCC(=O)O)c2ccc(-c3cn[nH]c3)cc2)CC1. The lowest BCUT2D eigenvalue weighted by molar-refractivity contribution is -0.137. The number of carboxylic acid groups (broad SMARTS) is 1. The molecule has 1 aliphatic carbocycles. The molecule has 1 heterocycles. The van der Waals surface area contributed by atoms with E-state index in [1.807, 2.05) is 24.4 Å². The van der Waals surface area contributed by atoms with E-state index in [0.717, 1.165) is 53.8 Å². The van der Waals surface area contributed by atoms with Crippen molar-refractivity contribution in [2.45, 2.75) is 51.1 Å². The highest BCUT2D eigenvalue weighted by molar-refractivity contribution is 5.66. The van der Waals surface area contributed by atoms with Crippen LogP contribution < -0.4 is 9.64 Å². The predicted molar refractivity (Wildman–Crippen MR) is 121 cm³/mol. The summed E-state index contributed by atoms with van der Waals surface area (Å²) in [6.45, 7) is 1.16. The van der Waals surface area contributed by atoms with Crippen LogP contribution in [-0.4, -0.2) is 33.9 Å². The van der Waals surface area contributed by atoms with Gasteiger partial charge in [0.2, 0.25) is 0 Å². The first-order valence-corrected chi connectivity index (χ1v) is 10.8. The predicted octanol–water partition coefficient (Wildman–Crippen LogP) is 5.27. The molecule has 0 amide bonds. The lowest BCUT2D eigenvalue weighted by atomic mass is 10.1. The average Bonchev–Trinajstić information content (AvgIpc) is 3.31. The molecule has 0 spiro atoms. The van der Waals surface area contributed by atoms with Gasteiger partial charge in [-0.15, -0.1) is 0 Å². The summed E-state index contributed by atoms with van der Waals surface area (Å²) in [4.78, 5) is 12.8. The van der Waals surface area contributed by atoms with Crippen molar-refractivity contribution in [1.82, 2.24) is 10.2 Å². The number of hydrogen-bond acceptors (Lipinski definition) is 4. The van der Waals surface area contributed by atoms with Gasteiger partial charge in [-0.25, -0.2) is 0 Å². The number of nitrogens with zero attached hydrogens (tertiary/aromatic N) is 2. The molecule has 162 valence electrons. The van der Waals surface area contributed by atoms with Gasteiger partial charge in [0, 0.05) is 42.0 Å². The number of para-hydroxylation sites is 1. The third-order valence-corrected chi connectivity index (χ3v) is 5.46. The van der Waals surface area contributed by atoms with Crippen LogP contribution in [-0.2, 0) is 11.3 Å². The highest BCUT2D eigenvalue weighted by Crippen LogP contribution is 2.35. The molecule has 2 aromatic carbocycles. The molecule has 6 heteroatoms. The van der Waals surface area contributed by atoms with E-state index < -0.39 is 12.0 Å². The zero-order valence-corrected chi connectivity index (χ0v) is 17.6. The number of carboxylic acids is 1. The van der Waals surface area contributed by atoms with Crippen molar-refractivity contribution >= 4 is 11.7 Å². The van der Waals surface area contributed by atoms with Gasteiger partial charge < -0.3 is 14.7 Å². The fraction of sp³-hybridized carbons (Fsp3) is 0.360.